The van der Waals surface area contributed by atoms with Crippen LogP contribution in [0.2, 0.25) is 0 Å². The van der Waals surface area contributed by atoms with Crippen molar-refractivity contribution in [2.24, 2.45) is 50.7 Å². The first-order chi connectivity index (χ1) is 20.1. The molecule has 0 radical (unpaired) electrons. The Kier molecular flexibility index (Phi) is 6.82. The zero-order valence-electron chi connectivity index (χ0n) is 27.9. The van der Waals surface area contributed by atoms with E-state index in [1.807, 2.05) is 0 Å². The molecule has 5 aliphatic carbocycles. The quantitative estimate of drug-likeness (QED) is 0.363. The summed E-state index contributed by atoms with van der Waals surface area (Å²) >= 11 is 0. The minimum Gasteiger partial charge on any atom is -0.446 e. The van der Waals surface area contributed by atoms with Crippen LogP contribution < -0.4 is 10.6 Å². The molecule has 1 amide bonds. The topological polar surface area (TPSA) is 109 Å². The summed E-state index contributed by atoms with van der Waals surface area (Å²) < 4.78 is 18.8. The zero-order chi connectivity index (χ0) is 31.0. The van der Waals surface area contributed by atoms with Gasteiger partial charge in [0.05, 0.1) is 30.0 Å². The van der Waals surface area contributed by atoms with Crippen LogP contribution in [0.4, 0.5) is 4.79 Å². The summed E-state index contributed by atoms with van der Waals surface area (Å²) in [5.41, 5.74) is -0.806. The van der Waals surface area contributed by atoms with Crippen LogP contribution in [0.3, 0.4) is 0 Å². The number of nitrogens with one attached hydrogen (secondary N) is 2. The zero-order valence-corrected chi connectivity index (χ0v) is 27.9. The average Bonchev–Trinajstić information content (AvgIpc) is 3.52. The van der Waals surface area contributed by atoms with Crippen LogP contribution in [0.5, 0.6) is 0 Å². The van der Waals surface area contributed by atoms with Gasteiger partial charge in [-0.2, -0.15) is 0 Å². The van der Waals surface area contributed by atoms with Crippen molar-refractivity contribution in [1.29, 1.82) is 0 Å². The molecule has 8 heteroatoms. The number of alkyl carbamates (subject to hydrolysis) is 1. The number of amides is 1. The third kappa shape index (κ3) is 3.88. The first kappa shape index (κ1) is 30.7. The number of hydrogen-bond donors (Lipinski definition) is 4. The Morgan fingerprint density at radius 1 is 1.05 bits per heavy atom. The molecule has 4 unspecified atom stereocenters. The maximum atomic E-state index is 12.8. The molecule has 0 aromatic rings. The molecule has 2 saturated heterocycles. The molecule has 2 spiro atoms. The fraction of sp³-hybridized carbons (Fsp3) is 0.971. The lowest BCUT2D eigenvalue weighted by molar-refractivity contribution is -0.209. The average molecular weight is 603 g/mol. The number of aliphatic hydroxyl groups excluding tert-OH is 1. The van der Waals surface area contributed by atoms with Gasteiger partial charge < -0.3 is 35.1 Å². The molecule has 5 saturated carbocycles. The SMILES string of the molecule is CO[C@@H](C1C[C@@H](C)[C@H]2C(O1)[C@H](O)[C@@]1(C)C3CC[C@H]4C(C)(C)C(OC(=O)NC5CNC5)CC[C@@]45C[C@@]35CC[C@]21C)C(C)(C)O. The highest BCUT2D eigenvalue weighted by Gasteiger charge is 2.84. The van der Waals surface area contributed by atoms with Gasteiger partial charge in [-0.25, -0.2) is 4.79 Å². The Labute approximate surface area is 258 Å². The lowest BCUT2D eigenvalue weighted by Gasteiger charge is -2.63. The van der Waals surface area contributed by atoms with Crippen LogP contribution in [-0.2, 0) is 14.2 Å². The van der Waals surface area contributed by atoms with Crippen molar-refractivity contribution in [3.05, 3.63) is 0 Å². The van der Waals surface area contributed by atoms with Crippen LogP contribution in [0.25, 0.3) is 0 Å². The summed E-state index contributed by atoms with van der Waals surface area (Å²) in [6.07, 6.45) is 6.95. The van der Waals surface area contributed by atoms with E-state index < -0.39 is 17.8 Å². The van der Waals surface area contributed by atoms with Gasteiger partial charge in [0, 0.05) is 31.0 Å². The molecule has 244 valence electrons. The summed E-state index contributed by atoms with van der Waals surface area (Å²) in [5.74, 6) is 1.64. The molecule has 2 heterocycles. The van der Waals surface area contributed by atoms with Crippen molar-refractivity contribution in [1.82, 2.24) is 10.6 Å². The number of rotatable bonds is 5. The second-order valence-corrected chi connectivity index (χ2v) is 17.8. The maximum absolute atomic E-state index is 12.8. The fourth-order valence-electron chi connectivity index (χ4n) is 13.3. The number of hydrogen-bond acceptors (Lipinski definition) is 7. The van der Waals surface area contributed by atoms with Gasteiger partial charge >= 0.3 is 6.09 Å². The van der Waals surface area contributed by atoms with Gasteiger partial charge in [-0.1, -0.05) is 34.6 Å². The predicted molar refractivity (Wildman–Crippen MR) is 163 cm³/mol. The highest BCUT2D eigenvalue weighted by Crippen LogP contribution is 2.89. The van der Waals surface area contributed by atoms with Crippen molar-refractivity contribution in [2.45, 2.75) is 142 Å². The molecular weight excluding hydrogens is 544 g/mol. The fourth-order valence-corrected chi connectivity index (χ4v) is 13.3. The molecule has 43 heavy (non-hydrogen) atoms. The molecule has 0 bridgehead atoms. The van der Waals surface area contributed by atoms with E-state index in [1.165, 1.54) is 12.8 Å². The summed E-state index contributed by atoms with van der Waals surface area (Å²) in [6, 6.07) is 0.184. The van der Waals surface area contributed by atoms with Gasteiger partial charge in [0.15, 0.2) is 0 Å². The van der Waals surface area contributed by atoms with E-state index in [-0.39, 0.29) is 63.4 Å². The minimum atomic E-state index is -1.02. The van der Waals surface area contributed by atoms with Gasteiger partial charge in [-0.05, 0) is 105 Å². The van der Waals surface area contributed by atoms with Crippen LogP contribution in [0.15, 0.2) is 0 Å². The highest BCUT2D eigenvalue weighted by molar-refractivity contribution is 5.68. The minimum absolute atomic E-state index is 0.00436. The van der Waals surface area contributed by atoms with Gasteiger partial charge in [0.1, 0.15) is 12.2 Å². The van der Waals surface area contributed by atoms with E-state index in [2.05, 4.69) is 45.3 Å². The summed E-state index contributed by atoms with van der Waals surface area (Å²) in [7, 11) is 1.66. The monoisotopic (exact) mass is 602 g/mol. The lowest BCUT2D eigenvalue weighted by Crippen LogP contribution is -2.60. The number of carbonyl (C=O) groups excluding carboxylic acids is 1. The second-order valence-electron chi connectivity index (χ2n) is 17.8. The third-order valence-electron chi connectivity index (χ3n) is 15.4. The molecule has 4 N–H and O–H groups in total. The molecule has 7 fully saturated rings. The number of ether oxygens (including phenoxy) is 3. The predicted octanol–water partition coefficient (Wildman–Crippen LogP) is 4.65. The van der Waals surface area contributed by atoms with E-state index in [0.717, 1.165) is 51.6 Å². The van der Waals surface area contributed by atoms with Crippen LogP contribution in [0.1, 0.15) is 99.8 Å². The molecule has 7 rings (SSSR count). The number of aliphatic hydroxyl groups is 2. The van der Waals surface area contributed by atoms with Gasteiger partial charge in [-0.15, -0.1) is 0 Å². The first-order valence-corrected chi connectivity index (χ1v) is 17.3. The van der Waals surface area contributed by atoms with Crippen molar-refractivity contribution in [3.63, 3.8) is 0 Å². The Balaban J connectivity index is 1.14. The van der Waals surface area contributed by atoms with E-state index >= 15 is 0 Å². The largest absolute Gasteiger partial charge is 0.446 e. The Morgan fingerprint density at radius 2 is 1.72 bits per heavy atom. The summed E-state index contributed by atoms with van der Waals surface area (Å²) in [4.78, 5) is 12.8. The number of carbonyl (C=O) groups is 1. The van der Waals surface area contributed by atoms with Crippen LogP contribution in [0, 0.1) is 50.7 Å². The van der Waals surface area contributed by atoms with Gasteiger partial charge in [-0.3, -0.25) is 0 Å². The standard InChI is InChI=1S/C35H58N2O6/c1-19-15-21(28(41-8)31(4,5)40)42-26-25(19)32(6)13-14-35-18-34(35)12-11-24(43-29(39)37-20-16-36-17-20)30(2,3)22(34)9-10-23(35)33(32,7)27(26)38/h19-28,36,38,40H,9-18H2,1-8H3,(H,37,39)/t19-,21?,22+,23?,24?,25+,26?,27+,28+,32-,33-,34-,35+/m1/s1. The molecule has 7 aliphatic rings. The first-order valence-electron chi connectivity index (χ1n) is 17.3. The van der Waals surface area contributed by atoms with Crippen LogP contribution in [-0.4, -0.2) is 78.7 Å². The number of methoxy groups -OCH3 is 1. The third-order valence-corrected chi connectivity index (χ3v) is 15.4. The molecule has 13 atom stereocenters. The van der Waals surface area contributed by atoms with Gasteiger partial charge in [0.25, 0.3) is 0 Å². The van der Waals surface area contributed by atoms with Crippen LogP contribution >= 0.6 is 0 Å². The smallest absolute Gasteiger partial charge is 0.407 e. The normalized spacial score (nSPS) is 52.3. The number of fused-ring (bicyclic) bond motifs is 4. The van der Waals surface area contributed by atoms with Crippen molar-refractivity contribution in [3.8, 4) is 0 Å². The lowest BCUT2D eigenvalue weighted by atomic mass is 9.41. The van der Waals surface area contributed by atoms with Gasteiger partial charge in [0.2, 0.25) is 0 Å². The molecule has 2 aliphatic heterocycles. The Morgan fingerprint density at radius 3 is 2.35 bits per heavy atom. The maximum Gasteiger partial charge on any atom is 0.407 e. The van der Waals surface area contributed by atoms with E-state index in [4.69, 9.17) is 14.2 Å². The highest BCUT2D eigenvalue weighted by atomic mass is 16.6. The Bertz CT molecular complexity index is 1140. The summed E-state index contributed by atoms with van der Waals surface area (Å²) in [5, 5.41) is 29.6. The van der Waals surface area contributed by atoms with Crippen molar-refractivity contribution >= 4 is 6.09 Å². The van der Waals surface area contributed by atoms with E-state index in [0.29, 0.717) is 17.8 Å². The van der Waals surface area contributed by atoms with E-state index in [9.17, 15) is 15.0 Å². The molecular formula is C35H58N2O6. The molecule has 0 aromatic heterocycles. The van der Waals surface area contributed by atoms with E-state index in [1.54, 1.807) is 21.0 Å². The van der Waals surface area contributed by atoms with Crippen molar-refractivity contribution < 1.29 is 29.2 Å². The molecule has 0 aromatic carbocycles. The molecule has 8 nitrogen and oxygen atoms in total. The van der Waals surface area contributed by atoms with Crippen molar-refractivity contribution in [2.75, 3.05) is 20.2 Å². The Hall–Kier alpha value is -0.930. The summed E-state index contributed by atoms with van der Waals surface area (Å²) in [6.45, 7) is 17.2. The second kappa shape index (κ2) is 9.56.